The molecule has 0 unspecified atom stereocenters. The molecule has 4 aromatic rings. The molecule has 0 aliphatic rings. The predicted octanol–water partition coefficient (Wildman–Crippen LogP) is 5.04. The molecule has 2 aromatic carbocycles. The smallest absolute Gasteiger partial charge is 0.337 e. The van der Waals surface area contributed by atoms with Crippen molar-refractivity contribution in [3.63, 3.8) is 0 Å². The molecule has 3 N–H and O–H groups in total. The molecule has 4 rings (SSSR count). The number of carbonyl (C=O) groups excluding carboxylic acids is 1. The lowest BCUT2D eigenvalue weighted by Crippen LogP contribution is -2.16. The zero-order valence-corrected chi connectivity index (χ0v) is 19.0. The molecule has 7 nitrogen and oxygen atoms in total. The van der Waals surface area contributed by atoms with E-state index in [9.17, 15) is 14.4 Å². The average molecular weight is 486 g/mol. The Morgan fingerprint density at radius 2 is 1.97 bits per heavy atom. The Labute approximate surface area is 195 Å². The number of nitrogens with zero attached hydrogens (tertiary/aromatic N) is 1. The van der Waals surface area contributed by atoms with Gasteiger partial charge in [-0.2, -0.15) is 0 Å². The number of rotatable bonds is 6. The summed E-state index contributed by atoms with van der Waals surface area (Å²) in [5.74, 6) is -1.57. The van der Waals surface area contributed by atoms with E-state index in [4.69, 9.17) is 16.7 Å². The van der Waals surface area contributed by atoms with Crippen LogP contribution in [0.1, 0.15) is 15.9 Å². The van der Waals surface area contributed by atoms with Gasteiger partial charge in [-0.3, -0.25) is 9.59 Å². The van der Waals surface area contributed by atoms with Crippen LogP contribution < -0.4 is 10.9 Å². The van der Waals surface area contributed by atoms with Crippen LogP contribution in [0.15, 0.2) is 57.8 Å². The number of carboxylic acid groups (broad SMARTS) is 1. The Hall–Kier alpha value is -3.14. The number of benzene rings is 2. The first-order valence-electron chi connectivity index (χ1n) is 9.36. The van der Waals surface area contributed by atoms with E-state index in [1.54, 1.807) is 0 Å². The van der Waals surface area contributed by atoms with Crippen LogP contribution in [0, 0.1) is 6.92 Å². The SMILES string of the molecule is Cc1ccc(-c2csc3nc(SCC(=O)Nc4ccc(Cl)c(C(=O)O)c4)[nH]c(=O)c23)cc1. The summed E-state index contributed by atoms with van der Waals surface area (Å²) in [6.45, 7) is 2.00. The number of H-pyrrole nitrogens is 1. The van der Waals surface area contributed by atoms with Crippen molar-refractivity contribution in [1.82, 2.24) is 9.97 Å². The van der Waals surface area contributed by atoms with Crippen LogP contribution in [0.25, 0.3) is 21.3 Å². The number of thiophene rings is 1. The molecule has 2 heterocycles. The van der Waals surface area contributed by atoms with Crippen molar-refractivity contribution < 1.29 is 14.7 Å². The van der Waals surface area contributed by atoms with Crippen LogP contribution in [0.3, 0.4) is 0 Å². The van der Waals surface area contributed by atoms with Crippen molar-refractivity contribution in [2.24, 2.45) is 0 Å². The number of aryl methyl sites for hydroxylation is 1. The molecule has 0 saturated carbocycles. The van der Waals surface area contributed by atoms with Gasteiger partial charge in [0.1, 0.15) is 4.83 Å². The zero-order valence-electron chi connectivity index (χ0n) is 16.6. The van der Waals surface area contributed by atoms with Crippen molar-refractivity contribution in [2.45, 2.75) is 12.1 Å². The molecule has 0 saturated heterocycles. The summed E-state index contributed by atoms with van der Waals surface area (Å²) in [6, 6.07) is 12.1. The Balaban J connectivity index is 1.49. The van der Waals surface area contributed by atoms with Crippen molar-refractivity contribution in [1.29, 1.82) is 0 Å². The summed E-state index contributed by atoms with van der Waals surface area (Å²) < 4.78 is 0. The first kappa shape index (κ1) is 22.1. The second kappa shape index (κ2) is 9.15. The Morgan fingerprint density at radius 3 is 2.69 bits per heavy atom. The molecule has 1 amide bonds. The number of aromatic carboxylic acids is 1. The van der Waals surface area contributed by atoms with E-state index in [0.29, 0.717) is 21.1 Å². The highest BCUT2D eigenvalue weighted by molar-refractivity contribution is 7.99. The molecular formula is C22H16ClN3O4S2. The fourth-order valence-electron chi connectivity index (χ4n) is 3.04. The van der Waals surface area contributed by atoms with Crippen LogP contribution in [0.5, 0.6) is 0 Å². The fraction of sp³-hybridized carbons (Fsp3) is 0.0909. The maximum absolute atomic E-state index is 12.7. The van der Waals surface area contributed by atoms with E-state index < -0.39 is 5.97 Å². The minimum absolute atomic E-state index is 0.0182. The summed E-state index contributed by atoms with van der Waals surface area (Å²) in [7, 11) is 0. The monoisotopic (exact) mass is 485 g/mol. The molecule has 2 aromatic heterocycles. The van der Waals surface area contributed by atoms with Gasteiger partial charge >= 0.3 is 5.97 Å². The van der Waals surface area contributed by atoms with E-state index >= 15 is 0 Å². The van der Waals surface area contributed by atoms with E-state index in [1.807, 2.05) is 36.6 Å². The highest BCUT2D eigenvalue weighted by atomic mass is 35.5. The van der Waals surface area contributed by atoms with Crippen molar-refractivity contribution in [3.8, 4) is 11.1 Å². The van der Waals surface area contributed by atoms with Gasteiger partial charge in [0.05, 0.1) is 21.7 Å². The second-order valence-corrected chi connectivity index (χ2v) is 9.13. The zero-order chi connectivity index (χ0) is 22.8. The average Bonchev–Trinajstić information content (AvgIpc) is 3.18. The quantitative estimate of drug-likeness (QED) is 0.260. The van der Waals surface area contributed by atoms with Gasteiger partial charge in [0.25, 0.3) is 5.56 Å². The third-order valence-corrected chi connectivity index (χ3v) is 6.68. The van der Waals surface area contributed by atoms with Gasteiger partial charge in [0, 0.05) is 16.6 Å². The highest BCUT2D eigenvalue weighted by Gasteiger charge is 2.15. The first-order chi connectivity index (χ1) is 15.3. The van der Waals surface area contributed by atoms with Crippen molar-refractivity contribution >= 4 is 62.5 Å². The fourth-order valence-corrected chi connectivity index (χ4v) is 4.91. The molecule has 0 aliphatic carbocycles. The van der Waals surface area contributed by atoms with Crippen LogP contribution in [-0.4, -0.2) is 32.7 Å². The largest absolute Gasteiger partial charge is 0.478 e. The predicted molar refractivity (Wildman–Crippen MR) is 128 cm³/mol. The number of aromatic amines is 1. The van der Waals surface area contributed by atoms with Crippen molar-refractivity contribution in [3.05, 3.63) is 74.3 Å². The number of aromatic nitrogens is 2. The molecular weight excluding hydrogens is 470 g/mol. The number of carboxylic acids is 1. The summed E-state index contributed by atoms with van der Waals surface area (Å²) in [6.07, 6.45) is 0. The molecule has 0 atom stereocenters. The number of fused-ring (bicyclic) bond motifs is 1. The van der Waals surface area contributed by atoms with E-state index in [2.05, 4.69) is 15.3 Å². The van der Waals surface area contributed by atoms with Gasteiger partial charge in [0.2, 0.25) is 5.91 Å². The molecule has 0 bridgehead atoms. The molecule has 0 radical (unpaired) electrons. The maximum Gasteiger partial charge on any atom is 0.337 e. The number of thioether (sulfide) groups is 1. The van der Waals surface area contributed by atoms with E-state index in [-0.39, 0.29) is 27.8 Å². The summed E-state index contributed by atoms with van der Waals surface area (Å²) >= 11 is 8.29. The number of anilines is 1. The summed E-state index contributed by atoms with van der Waals surface area (Å²) in [5, 5.41) is 14.6. The van der Waals surface area contributed by atoms with Gasteiger partial charge in [0.15, 0.2) is 5.16 Å². The summed E-state index contributed by atoms with van der Waals surface area (Å²) in [4.78, 5) is 44.0. The van der Waals surface area contributed by atoms with Gasteiger partial charge < -0.3 is 15.4 Å². The third-order valence-electron chi connectivity index (χ3n) is 4.61. The molecule has 32 heavy (non-hydrogen) atoms. The molecule has 0 fully saturated rings. The highest BCUT2D eigenvalue weighted by Crippen LogP contribution is 2.31. The number of amides is 1. The Kier molecular flexibility index (Phi) is 6.31. The molecule has 10 heteroatoms. The molecule has 0 spiro atoms. The summed E-state index contributed by atoms with van der Waals surface area (Å²) in [5.41, 5.74) is 2.85. The maximum atomic E-state index is 12.7. The lowest BCUT2D eigenvalue weighted by Gasteiger charge is -2.07. The Bertz CT molecular complexity index is 1400. The second-order valence-electron chi connectivity index (χ2n) is 6.90. The third kappa shape index (κ3) is 4.69. The van der Waals surface area contributed by atoms with Gasteiger partial charge in [-0.15, -0.1) is 11.3 Å². The number of halogens is 1. The van der Waals surface area contributed by atoms with E-state index in [1.165, 1.54) is 29.5 Å². The number of hydrogen-bond donors (Lipinski definition) is 3. The van der Waals surface area contributed by atoms with Gasteiger partial charge in [-0.25, -0.2) is 9.78 Å². The standard InChI is InChI=1S/C22H16ClN3O4S2/c1-11-2-4-12(5-3-11)15-9-31-20-18(15)19(28)25-22(26-20)32-10-17(27)24-13-6-7-16(23)14(8-13)21(29)30/h2-9H,10H2,1H3,(H,24,27)(H,29,30)(H,25,26,28). The normalized spacial score (nSPS) is 10.9. The Morgan fingerprint density at radius 1 is 1.22 bits per heavy atom. The van der Waals surface area contributed by atoms with Gasteiger partial charge in [-0.05, 0) is 30.7 Å². The first-order valence-corrected chi connectivity index (χ1v) is 11.6. The topological polar surface area (TPSA) is 112 Å². The molecule has 0 aliphatic heterocycles. The van der Waals surface area contributed by atoms with Crippen molar-refractivity contribution in [2.75, 3.05) is 11.1 Å². The van der Waals surface area contributed by atoms with Crippen LogP contribution in [0.2, 0.25) is 5.02 Å². The minimum Gasteiger partial charge on any atom is -0.478 e. The minimum atomic E-state index is -1.18. The lowest BCUT2D eigenvalue weighted by atomic mass is 10.1. The molecule has 162 valence electrons. The van der Waals surface area contributed by atoms with Crippen LogP contribution in [0.4, 0.5) is 5.69 Å². The van der Waals surface area contributed by atoms with Crippen LogP contribution >= 0.6 is 34.7 Å². The number of nitrogens with one attached hydrogen (secondary N) is 2. The van der Waals surface area contributed by atoms with Crippen LogP contribution in [-0.2, 0) is 4.79 Å². The van der Waals surface area contributed by atoms with Gasteiger partial charge in [-0.1, -0.05) is 53.2 Å². The van der Waals surface area contributed by atoms with E-state index in [0.717, 1.165) is 28.5 Å². The number of carbonyl (C=O) groups is 2. The number of hydrogen-bond acceptors (Lipinski definition) is 6. The lowest BCUT2D eigenvalue weighted by molar-refractivity contribution is -0.113.